The van der Waals surface area contributed by atoms with E-state index < -0.39 is 53.3 Å². The molecule has 0 unspecified atom stereocenters. The monoisotopic (exact) mass is 562 g/mol. The summed E-state index contributed by atoms with van der Waals surface area (Å²) in [6.45, 7) is 6.36. The lowest BCUT2D eigenvalue weighted by atomic mass is 9.72. The summed E-state index contributed by atoms with van der Waals surface area (Å²) in [6.07, 6.45) is -3.06. The van der Waals surface area contributed by atoms with Crippen molar-refractivity contribution in [3.05, 3.63) is 65.2 Å². The lowest BCUT2D eigenvalue weighted by Crippen LogP contribution is -2.51. The molecule has 10 heteroatoms. The minimum absolute atomic E-state index is 0.0715. The number of alkyl halides is 3. The zero-order valence-electron chi connectivity index (χ0n) is 23.2. The zero-order chi connectivity index (χ0) is 29.2. The maximum Gasteiger partial charge on any atom is 0.416 e. The van der Waals surface area contributed by atoms with E-state index in [4.69, 9.17) is 9.47 Å². The fraction of sp³-hybridized carbons (Fsp3) is 0.533. The number of benzene rings is 2. The number of nitrogens with zero attached hydrogens (tertiary/aromatic N) is 1. The minimum Gasteiger partial charge on any atom is -0.496 e. The molecule has 0 saturated carbocycles. The first-order valence-electron chi connectivity index (χ1n) is 13.5. The van der Waals surface area contributed by atoms with Crippen molar-refractivity contribution in [1.29, 1.82) is 0 Å². The first-order valence-corrected chi connectivity index (χ1v) is 13.5. The van der Waals surface area contributed by atoms with E-state index in [1.807, 2.05) is 51.1 Å². The van der Waals surface area contributed by atoms with Gasteiger partial charge in [-0.2, -0.15) is 13.2 Å². The summed E-state index contributed by atoms with van der Waals surface area (Å²) in [6, 6.07) is 10.2. The Morgan fingerprint density at radius 2 is 1.80 bits per heavy atom. The molecule has 2 N–H and O–H groups in total. The van der Waals surface area contributed by atoms with Gasteiger partial charge in [0, 0.05) is 30.7 Å². The number of ether oxygens (including phenoxy) is 2. The molecule has 5 atom stereocenters. The molecule has 218 valence electrons. The van der Waals surface area contributed by atoms with Crippen molar-refractivity contribution < 1.29 is 37.3 Å². The molecular formula is C30H37F3N2O5. The number of carbonyl (C=O) groups is 2. The number of hydrogen-bond donors (Lipinski definition) is 2. The van der Waals surface area contributed by atoms with Gasteiger partial charge in [0.1, 0.15) is 17.9 Å². The molecule has 2 aliphatic rings. The van der Waals surface area contributed by atoms with E-state index in [0.29, 0.717) is 18.6 Å². The van der Waals surface area contributed by atoms with Gasteiger partial charge in [-0.25, -0.2) is 4.79 Å². The smallest absolute Gasteiger partial charge is 0.416 e. The van der Waals surface area contributed by atoms with Gasteiger partial charge in [-0.05, 0) is 42.4 Å². The lowest BCUT2D eigenvalue weighted by Gasteiger charge is -2.36. The number of aliphatic carboxylic acids is 1. The maximum atomic E-state index is 14.0. The summed E-state index contributed by atoms with van der Waals surface area (Å²) < 4.78 is 51.0. The van der Waals surface area contributed by atoms with Crippen LogP contribution >= 0.6 is 0 Å². The van der Waals surface area contributed by atoms with Crippen molar-refractivity contribution in [2.75, 3.05) is 13.7 Å². The summed E-state index contributed by atoms with van der Waals surface area (Å²) in [5.74, 6) is -1.93. The highest BCUT2D eigenvalue weighted by atomic mass is 19.4. The van der Waals surface area contributed by atoms with E-state index in [1.165, 1.54) is 18.1 Å². The Labute approximate surface area is 232 Å². The largest absolute Gasteiger partial charge is 0.496 e. The van der Waals surface area contributed by atoms with Crippen LogP contribution in [0.3, 0.4) is 0 Å². The van der Waals surface area contributed by atoms with Gasteiger partial charge in [0.25, 0.3) is 5.91 Å². The number of carboxylic acids is 1. The number of rotatable bonds is 7. The van der Waals surface area contributed by atoms with Gasteiger partial charge in [-0.15, -0.1) is 0 Å². The standard InChI is InChI=1S/C30H37F3N2O5/c1-29(2,3)23-24(34-17-19-13-14-20(30(31,32)33)16-22(19)39-4)25(18-10-6-5-7-11-18)35(26(23)28(37)38)27(36)21-12-8-9-15-40-21/h5-7,10-11,13-14,16,21,23-26,34H,8-9,12,15,17H2,1-4H3,(H,37,38)/t21-,23+,24+,25+,26+/m0/s1. The highest BCUT2D eigenvalue weighted by Gasteiger charge is 2.58. The summed E-state index contributed by atoms with van der Waals surface area (Å²) in [7, 11) is 1.31. The number of hydrogen-bond acceptors (Lipinski definition) is 5. The van der Waals surface area contributed by atoms with Gasteiger partial charge >= 0.3 is 12.1 Å². The average molecular weight is 563 g/mol. The van der Waals surface area contributed by atoms with Gasteiger partial charge in [0.05, 0.1) is 18.7 Å². The first-order chi connectivity index (χ1) is 18.8. The zero-order valence-corrected chi connectivity index (χ0v) is 23.2. The molecule has 2 saturated heterocycles. The van der Waals surface area contributed by atoms with Crippen LogP contribution in [0.25, 0.3) is 0 Å². The first kappa shape index (κ1) is 29.9. The van der Waals surface area contributed by atoms with E-state index in [2.05, 4.69) is 5.32 Å². The number of nitrogens with one attached hydrogen (secondary N) is 1. The van der Waals surface area contributed by atoms with Crippen LogP contribution in [-0.4, -0.2) is 53.8 Å². The van der Waals surface area contributed by atoms with Crippen LogP contribution < -0.4 is 10.1 Å². The van der Waals surface area contributed by atoms with Crippen molar-refractivity contribution in [1.82, 2.24) is 10.2 Å². The van der Waals surface area contributed by atoms with Crippen LogP contribution in [-0.2, 0) is 27.0 Å². The molecule has 2 fully saturated rings. The highest BCUT2D eigenvalue weighted by Crippen LogP contribution is 2.49. The van der Waals surface area contributed by atoms with E-state index >= 15 is 0 Å². The van der Waals surface area contributed by atoms with Crippen LogP contribution in [0.15, 0.2) is 48.5 Å². The second-order valence-electron chi connectivity index (χ2n) is 11.6. The molecule has 7 nitrogen and oxygen atoms in total. The normalized spacial score (nSPS) is 25.6. The number of halogens is 3. The van der Waals surface area contributed by atoms with Gasteiger partial charge in [-0.3, -0.25) is 4.79 Å². The van der Waals surface area contributed by atoms with Crippen molar-refractivity contribution >= 4 is 11.9 Å². The van der Waals surface area contributed by atoms with Gasteiger partial charge in [0.15, 0.2) is 0 Å². The van der Waals surface area contributed by atoms with Crippen molar-refractivity contribution in [3.8, 4) is 5.75 Å². The van der Waals surface area contributed by atoms with Crippen LogP contribution in [0, 0.1) is 11.3 Å². The van der Waals surface area contributed by atoms with Crippen molar-refractivity contribution in [2.45, 2.75) is 77.0 Å². The summed E-state index contributed by atoms with van der Waals surface area (Å²) >= 11 is 0. The summed E-state index contributed by atoms with van der Waals surface area (Å²) in [4.78, 5) is 28.4. The number of methoxy groups -OCH3 is 1. The van der Waals surface area contributed by atoms with Crippen LogP contribution in [0.5, 0.6) is 5.75 Å². The van der Waals surface area contributed by atoms with E-state index in [-0.39, 0.29) is 18.2 Å². The molecule has 0 aliphatic carbocycles. The molecule has 2 aromatic rings. The van der Waals surface area contributed by atoms with Crippen LogP contribution in [0.1, 0.15) is 62.8 Å². The summed E-state index contributed by atoms with van der Waals surface area (Å²) in [5, 5.41) is 14.0. The second-order valence-corrected chi connectivity index (χ2v) is 11.6. The predicted octanol–water partition coefficient (Wildman–Crippen LogP) is 5.44. The molecule has 0 aromatic heterocycles. The molecule has 0 radical (unpaired) electrons. The van der Waals surface area contributed by atoms with Crippen LogP contribution in [0.2, 0.25) is 0 Å². The van der Waals surface area contributed by atoms with Crippen molar-refractivity contribution in [3.63, 3.8) is 0 Å². The average Bonchev–Trinajstić information content (AvgIpc) is 3.28. The quantitative estimate of drug-likeness (QED) is 0.467. The van der Waals surface area contributed by atoms with E-state index in [9.17, 15) is 27.9 Å². The molecule has 4 rings (SSSR count). The molecule has 1 amide bonds. The number of amides is 1. The third-order valence-corrected chi connectivity index (χ3v) is 7.91. The molecule has 40 heavy (non-hydrogen) atoms. The molecule has 0 bridgehead atoms. The Morgan fingerprint density at radius 3 is 2.35 bits per heavy atom. The minimum atomic E-state index is -4.52. The Hall–Kier alpha value is -3.11. The van der Waals surface area contributed by atoms with Gasteiger partial charge in [0.2, 0.25) is 0 Å². The topological polar surface area (TPSA) is 88.1 Å². The molecule has 2 aliphatic heterocycles. The fourth-order valence-corrected chi connectivity index (χ4v) is 6.12. The van der Waals surface area contributed by atoms with E-state index in [0.717, 1.165) is 30.5 Å². The third kappa shape index (κ3) is 6.12. The predicted molar refractivity (Wildman–Crippen MR) is 143 cm³/mol. The molecule has 2 aromatic carbocycles. The molecule has 2 heterocycles. The maximum absolute atomic E-state index is 14.0. The van der Waals surface area contributed by atoms with Crippen LogP contribution in [0.4, 0.5) is 13.2 Å². The van der Waals surface area contributed by atoms with Gasteiger partial charge < -0.3 is 24.8 Å². The fourth-order valence-electron chi connectivity index (χ4n) is 6.12. The van der Waals surface area contributed by atoms with Crippen molar-refractivity contribution in [2.24, 2.45) is 11.3 Å². The number of carboxylic acid groups (broad SMARTS) is 1. The molecule has 0 spiro atoms. The third-order valence-electron chi connectivity index (χ3n) is 7.91. The Bertz CT molecular complexity index is 1190. The number of carbonyl (C=O) groups excluding carboxylic acids is 1. The Balaban J connectivity index is 1.78. The summed E-state index contributed by atoms with van der Waals surface area (Å²) in [5.41, 5.74) is -0.122. The Morgan fingerprint density at radius 1 is 1.10 bits per heavy atom. The second kappa shape index (κ2) is 11.8. The highest BCUT2D eigenvalue weighted by molar-refractivity contribution is 5.88. The Kier molecular flexibility index (Phi) is 8.80. The molecular weight excluding hydrogens is 525 g/mol. The SMILES string of the molecule is COc1cc(C(F)(F)F)ccc1CN[C@@H]1[C@@H](C(C)(C)C)[C@H](C(=O)O)N(C(=O)[C@@H]2CCCCO2)[C@@H]1c1ccccc1. The number of likely N-dealkylation sites (tertiary alicyclic amines) is 1. The lowest BCUT2D eigenvalue weighted by molar-refractivity contribution is -0.159. The van der Waals surface area contributed by atoms with E-state index in [1.54, 1.807) is 0 Å². The van der Waals surface area contributed by atoms with Gasteiger partial charge in [-0.1, -0.05) is 57.2 Å².